The number of halogens is 2. The van der Waals surface area contributed by atoms with Crippen molar-refractivity contribution in [2.75, 3.05) is 0 Å². The van der Waals surface area contributed by atoms with E-state index in [1.54, 1.807) is 0 Å². The van der Waals surface area contributed by atoms with Crippen LogP contribution in [-0.4, -0.2) is 9.54 Å². The van der Waals surface area contributed by atoms with Crippen LogP contribution < -0.4 is 4.67 Å². The van der Waals surface area contributed by atoms with Crippen LogP contribution in [0.15, 0.2) is 22.9 Å². The highest BCUT2D eigenvalue weighted by Crippen LogP contribution is 2.04. The van der Waals surface area contributed by atoms with Crippen molar-refractivity contribution in [3.8, 4) is 0 Å². The van der Waals surface area contributed by atoms with Crippen molar-refractivity contribution in [1.82, 2.24) is 4.37 Å². The van der Waals surface area contributed by atoms with Gasteiger partial charge in [-0.15, -0.1) is 10.2 Å². The van der Waals surface area contributed by atoms with Gasteiger partial charge < -0.3 is 0 Å². The zero-order valence-electron chi connectivity index (χ0n) is 5.70. The minimum atomic E-state index is 0.226. The van der Waals surface area contributed by atoms with Gasteiger partial charge in [-0.25, -0.2) is 0 Å². The van der Waals surface area contributed by atoms with Crippen LogP contribution in [0.4, 0.5) is 0 Å². The van der Waals surface area contributed by atoms with Crippen molar-refractivity contribution < 1.29 is 0 Å². The largest absolute Gasteiger partial charge is 0.188 e. The Morgan fingerprint density at radius 1 is 1.67 bits per heavy atom. The van der Waals surface area contributed by atoms with E-state index in [4.69, 9.17) is 23.2 Å². The minimum Gasteiger partial charge on any atom is -0.167 e. The van der Waals surface area contributed by atoms with Gasteiger partial charge in [0.2, 0.25) is 0 Å². The van der Waals surface area contributed by atoms with E-state index >= 15 is 0 Å². The summed E-state index contributed by atoms with van der Waals surface area (Å²) in [6.45, 7) is 3.42. The minimum absolute atomic E-state index is 0.226. The average molecular weight is 240 g/mol. The zero-order valence-corrected chi connectivity index (χ0v) is 8.84. The predicted octanol–water partition coefficient (Wildman–Crippen LogP) is 2.50. The summed E-state index contributed by atoms with van der Waals surface area (Å²) in [4.78, 5) is 0. The summed E-state index contributed by atoms with van der Waals surface area (Å²) >= 11 is 11.2. The smallest absolute Gasteiger partial charge is 0.167 e. The lowest BCUT2D eigenvalue weighted by molar-refractivity contribution is 1.17. The van der Waals surface area contributed by atoms with E-state index in [-0.39, 0.29) is 5.17 Å². The Morgan fingerprint density at radius 3 is 2.92 bits per heavy atom. The van der Waals surface area contributed by atoms with Crippen molar-refractivity contribution in [2.45, 2.75) is 0 Å². The van der Waals surface area contributed by atoms with Gasteiger partial charge in [0.05, 0.1) is 0 Å². The van der Waals surface area contributed by atoms with Gasteiger partial charge in [0.1, 0.15) is 0 Å². The number of aromatic nitrogens is 1. The number of allylic oxidation sites excluding steroid dienone is 1. The fourth-order valence-corrected chi connectivity index (χ4v) is 2.30. The summed E-state index contributed by atoms with van der Waals surface area (Å²) < 4.78 is 4.37. The number of hydrogen-bond acceptors (Lipinski definition) is 5. The molecule has 1 aromatic rings. The highest BCUT2D eigenvalue weighted by molar-refractivity contribution is 7.66. The molecule has 0 aliphatic carbocycles. The molecule has 3 nitrogen and oxygen atoms in total. The summed E-state index contributed by atoms with van der Waals surface area (Å²) in [5, 5.41) is 7.96. The third kappa shape index (κ3) is 2.67. The maximum Gasteiger partial charge on any atom is 0.188 e. The van der Waals surface area contributed by atoms with Crippen molar-refractivity contribution in [3.63, 3.8) is 0 Å². The second-order valence-corrected chi connectivity index (χ2v) is 4.15. The second-order valence-electron chi connectivity index (χ2n) is 1.57. The molecule has 1 rings (SSSR count). The van der Waals surface area contributed by atoms with E-state index in [2.05, 4.69) is 21.2 Å². The molecule has 0 amide bonds. The van der Waals surface area contributed by atoms with Crippen LogP contribution in [0.25, 0.3) is 0 Å². The Labute approximate surface area is 86.2 Å². The van der Waals surface area contributed by atoms with Crippen LogP contribution in [0.2, 0.25) is 5.15 Å². The van der Waals surface area contributed by atoms with Gasteiger partial charge in [0.15, 0.2) is 15.0 Å². The van der Waals surface area contributed by atoms with E-state index in [0.29, 0.717) is 9.82 Å². The quantitative estimate of drug-likeness (QED) is 0.444. The summed E-state index contributed by atoms with van der Waals surface area (Å²) in [5.41, 5.74) is 0. The Morgan fingerprint density at radius 2 is 2.42 bits per heavy atom. The molecular weight excluding hydrogens is 237 g/mol. The highest BCUT2D eigenvalue weighted by Gasteiger charge is 1.94. The zero-order chi connectivity index (χ0) is 8.97. The van der Waals surface area contributed by atoms with Crippen LogP contribution in [0.5, 0.6) is 0 Å². The standard InChI is InChI=1S/C5H3Cl2N3S2/c1-2-3(6)8-9-5-4(7)10-12-11-5/h2H,1H2/b8-3-,9-5+. The first-order chi connectivity index (χ1) is 5.74. The topological polar surface area (TPSA) is 37.6 Å². The highest BCUT2D eigenvalue weighted by atomic mass is 35.5. The van der Waals surface area contributed by atoms with E-state index < -0.39 is 0 Å². The van der Waals surface area contributed by atoms with Crippen LogP contribution in [0.1, 0.15) is 0 Å². The van der Waals surface area contributed by atoms with Crippen molar-refractivity contribution in [2.24, 2.45) is 10.2 Å². The molecule has 0 bridgehead atoms. The van der Waals surface area contributed by atoms with Crippen LogP contribution in [-0.2, 0) is 0 Å². The third-order valence-electron chi connectivity index (χ3n) is 0.815. The molecule has 0 unspecified atom stereocenters. The lowest BCUT2D eigenvalue weighted by Crippen LogP contribution is -1.92. The molecule has 0 aliphatic heterocycles. The molecule has 0 saturated carbocycles. The van der Waals surface area contributed by atoms with E-state index in [1.165, 1.54) is 27.0 Å². The van der Waals surface area contributed by atoms with Gasteiger partial charge in [0.25, 0.3) is 0 Å². The molecule has 0 aliphatic rings. The normalized spacial score (nSPS) is 13.5. The second kappa shape index (κ2) is 4.71. The fraction of sp³-hybridized carbons (Fsp3) is 0. The van der Waals surface area contributed by atoms with Crippen molar-refractivity contribution in [1.29, 1.82) is 0 Å². The molecule has 0 radical (unpaired) electrons. The maximum absolute atomic E-state index is 5.64. The van der Waals surface area contributed by atoms with Gasteiger partial charge in [-0.1, -0.05) is 29.8 Å². The number of rotatable bonds is 2. The van der Waals surface area contributed by atoms with Gasteiger partial charge in [0, 0.05) is 10.5 Å². The lowest BCUT2D eigenvalue weighted by Gasteiger charge is -1.79. The molecule has 12 heavy (non-hydrogen) atoms. The molecule has 0 fully saturated rings. The van der Waals surface area contributed by atoms with Crippen LogP contribution >= 0.6 is 44.1 Å². The van der Waals surface area contributed by atoms with Gasteiger partial charge in [-0.3, -0.25) is 0 Å². The van der Waals surface area contributed by atoms with Crippen LogP contribution in [0, 0.1) is 0 Å². The first-order valence-electron chi connectivity index (χ1n) is 2.75. The SMILES string of the molecule is C=C/C(Cl)=N/N=c1/ssnc1Cl. The van der Waals surface area contributed by atoms with Gasteiger partial charge in [-0.05, 0) is 16.4 Å². The fourth-order valence-electron chi connectivity index (χ4n) is 0.352. The predicted molar refractivity (Wildman–Crippen MR) is 54.0 cm³/mol. The molecule has 0 atom stereocenters. The van der Waals surface area contributed by atoms with Crippen molar-refractivity contribution >= 4 is 49.2 Å². The Hall–Kier alpha value is -0.230. The number of nitrogens with zero attached hydrogens (tertiary/aromatic N) is 3. The first kappa shape index (κ1) is 9.85. The third-order valence-corrected chi connectivity index (χ3v) is 3.21. The first-order valence-corrected chi connectivity index (χ1v) is 5.61. The Balaban J connectivity index is 2.99. The maximum atomic E-state index is 5.64. The summed E-state index contributed by atoms with van der Waals surface area (Å²) in [5.74, 6) is 0. The van der Waals surface area contributed by atoms with Crippen LogP contribution in [0.3, 0.4) is 0 Å². The molecule has 0 saturated heterocycles. The Bertz CT molecular complexity index is 365. The summed E-state index contributed by atoms with van der Waals surface area (Å²) in [6, 6.07) is 0. The summed E-state index contributed by atoms with van der Waals surface area (Å²) in [6.07, 6.45) is 1.39. The molecule has 7 heteroatoms. The summed E-state index contributed by atoms with van der Waals surface area (Å²) in [7, 11) is 2.59. The molecule has 1 aromatic heterocycles. The van der Waals surface area contributed by atoms with Crippen molar-refractivity contribution in [3.05, 3.63) is 22.5 Å². The lowest BCUT2D eigenvalue weighted by atomic mass is 10.7. The van der Waals surface area contributed by atoms with E-state index in [9.17, 15) is 0 Å². The number of hydrogen-bond donors (Lipinski definition) is 0. The van der Waals surface area contributed by atoms with Gasteiger partial charge in [-0.2, -0.15) is 4.37 Å². The molecule has 1 heterocycles. The van der Waals surface area contributed by atoms with E-state index in [0.717, 1.165) is 0 Å². The molecule has 0 N–H and O–H groups in total. The molecule has 64 valence electrons. The monoisotopic (exact) mass is 239 g/mol. The molecule has 0 spiro atoms. The molecular formula is C5H3Cl2N3S2. The van der Waals surface area contributed by atoms with E-state index in [1.807, 2.05) is 0 Å². The van der Waals surface area contributed by atoms with Gasteiger partial charge >= 0.3 is 0 Å². The molecule has 0 aromatic carbocycles. The average Bonchev–Trinajstić information content (AvgIpc) is 2.47. The Kier molecular flexibility index (Phi) is 3.87.